The van der Waals surface area contributed by atoms with Crippen LogP contribution in [0.25, 0.3) is 0 Å². The summed E-state index contributed by atoms with van der Waals surface area (Å²) in [6.45, 7) is 1.21. The molecule has 1 aliphatic rings. The van der Waals surface area contributed by atoms with Crippen LogP contribution in [0.3, 0.4) is 0 Å². The third kappa shape index (κ3) is 4.82. The van der Waals surface area contributed by atoms with Crippen LogP contribution in [0.2, 0.25) is 0 Å². The Hall–Kier alpha value is -3.27. The molecule has 0 spiro atoms. The van der Waals surface area contributed by atoms with Crippen LogP contribution in [0.15, 0.2) is 47.4 Å². The number of nitrogens with zero attached hydrogens (tertiary/aromatic N) is 2. The van der Waals surface area contributed by atoms with E-state index in [4.69, 9.17) is 0 Å². The Balaban J connectivity index is 1.59. The number of hydrogen-bond acceptors (Lipinski definition) is 6. The minimum atomic E-state index is -3.81. The van der Waals surface area contributed by atoms with E-state index in [1.807, 2.05) is 24.3 Å². The smallest absolute Gasteiger partial charge is 0.288 e. The summed E-state index contributed by atoms with van der Waals surface area (Å²) in [6.07, 6.45) is 1.74. The monoisotopic (exact) mass is 431 g/mol. The summed E-state index contributed by atoms with van der Waals surface area (Å²) in [6, 6.07) is 11.1. The van der Waals surface area contributed by atoms with Crippen molar-refractivity contribution in [2.75, 3.05) is 19.3 Å². The third-order valence-corrected chi connectivity index (χ3v) is 6.07. The SMILES string of the molecule is CS(=O)(=O)c1ccc(C(=O)NCCC(=O)N2CCc3ccccc3C2)cc1[N+](=O)[O-]. The number of rotatable bonds is 6. The van der Waals surface area contributed by atoms with Crippen LogP contribution in [-0.2, 0) is 27.6 Å². The first-order valence-electron chi connectivity index (χ1n) is 9.28. The highest BCUT2D eigenvalue weighted by Gasteiger charge is 2.24. The molecule has 1 heterocycles. The van der Waals surface area contributed by atoms with E-state index in [9.17, 15) is 28.1 Å². The zero-order valence-electron chi connectivity index (χ0n) is 16.3. The van der Waals surface area contributed by atoms with Gasteiger partial charge in [-0.2, -0.15) is 0 Å². The summed E-state index contributed by atoms with van der Waals surface area (Å²) < 4.78 is 23.3. The second-order valence-corrected chi connectivity index (χ2v) is 9.04. The van der Waals surface area contributed by atoms with Gasteiger partial charge in [-0.15, -0.1) is 0 Å². The highest BCUT2D eigenvalue weighted by Crippen LogP contribution is 2.25. The topological polar surface area (TPSA) is 127 Å². The number of benzene rings is 2. The average molecular weight is 431 g/mol. The molecular weight excluding hydrogens is 410 g/mol. The summed E-state index contributed by atoms with van der Waals surface area (Å²) in [5.74, 6) is -0.710. The predicted molar refractivity (Wildman–Crippen MR) is 109 cm³/mol. The zero-order chi connectivity index (χ0) is 21.9. The van der Waals surface area contributed by atoms with Gasteiger partial charge in [-0.1, -0.05) is 24.3 Å². The van der Waals surface area contributed by atoms with Crippen molar-refractivity contribution in [3.63, 3.8) is 0 Å². The van der Waals surface area contributed by atoms with Gasteiger partial charge in [0.25, 0.3) is 11.6 Å². The van der Waals surface area contributed by atoms with Crippen molar-refractivity contribution >= 4 is 27.3 Å². The Morgan fingerprint density at radius 2 is 1.87 bits per heavy atom. The van der Waals surface area contributed by atoms with Crippen molar-refractivity contribution in [3.05, 3.63) is 69.3 Å². The van der Waals surface area contributed by atoms with Crippen molar-refractivity contribution < 1.29 is 22.9 Å². The maximum atomic E-state index is 12.4. The number of hydrogen-bond donors (Lipinski definition) is 1. The van der Waals surface area contributed by atoms with Crippen LogP contribution in [0.5, 0.6) is 0 Å². The lowest BCUT2D eigenvalue weighted by Crippen LogP contribution is -2.38. The highest BCUT2D eigenvalue weighted by atomic mass is 32.2. The Labute approximate surface area is 173 Å². The van der Waals surface area contributed by atoms with Crippen LogP contribution in [-0.4, -0.2) is 49.4 Å². The molecule has 0 bridgehead atoms. The molecule has 0 aromatic heterocycles. The first-order chi connectivity index (χ1) is 14.2. The summed E-state index contributed by atoms with van der Waals surface area (Å²) >= 11 is 0. The summed E-state index contributed by atoms with van der Waals surface area (Å²) in [7, 11) is -3.81. The fourth-order valence-corrected chi connectivity index (χ4v) is 4.20. The Morgan fingerprint density at radius 3 is 2.53 bits per heavy atom. The summed E-state index contributed by atoms with van der Waals surface area (Å²) in [5, 5.41) is 13.7. The van der Waals surface area contributed by atoms with Gasteiger partial charge in [-0.3, -0.25) is 19.7 Å². The molecule has 0 aliphatic carbocycles. The van der Waals surface area contributed by atoms with Crippen LogP contribution >= 0.6 is 0 Å². The van der Waals surface area contributed by atoms with Crippen molar-refractivity contribution in [1.29, 1.82) is 0 Å². The average Bonchev–Trinajstić information content (AvgIpc) is 2.72. The van der Waals surface area contributed by atoms with E-state index < -0.39 is 31.3 Å². The molecule has 0 unspecified atom stereocenters. The van der Waals surface area contributed by atoms with E-state index in [2.05, 4.69) is 5.32 Å². The molecule has 10 heteroatoms. The van der Waals surface area contributed by atoms with E-state index in [0.717, 1.165) is 30.4 Å². The van der Waals surface area contributed by atoms with E-state index in [0.29, 0.717) is 13.1 Å². The predicted octanol–water partition coefficient (Wildman–Crippen LogP) is 1.70. The second kappa shape index (κ2) is 8.62. The fraction of sp³-hybridized carbons (Fsp3) is 0.300. The van der Waals surface area contributed by atoms with Gasteiger partial charge < -0.3 is 10.2 Å². The molecule has 0 saturated heterocycles. The fourth-order valence-electron chi connectivity index (χ4n) is 3.37. The van der Waals surface area contributed by atoms with E-state index in [1.54, 1.807) is 4.90 Å². The number of nitrogens with one attached hydrogen (secondary N) is 1. The molecule has 2 aromatic rings. The molecule has 2 aromatic carbocycles. The van der Waals surface area contributed by atoms with Gasteiger partial charge in [-0.05, 0) is 29.7 Å². The van der Waals surface area contributed by atoms with E-state index in [-0.39, 0.29) is 24.4 Å². The molecule has 0 atom stereocenters. The number of nitro groups is 1. The number of nitro benzene ring substituents is 1. The maximum Gasteiger partial charge on any atom is 0.288 e. The van der Waals surface area contributed by atoms with Gasteiger partial charge in [-0.25, -0.2) is 8.42 Å². The quantitative estimate of drug-likeness (QED) is 0.548. The largest absolute Gasteiger partial charge is 0.352 e. The Bertz CT molecular complexity index is 1110. The zero-order valence-corrected chi connectivity index (χ0v) is 17.1. The normalized spacial score (nSPS) is 13.4. The van der Waals surface area contributed by atoms with Crippen molar-refractivity contribution in [3.8, 4) is 0 Å². The molecule has 3 rings (SSSR count). The maximum absolute atomic E-state index is 12.4. The van der Waals surface area contributed by atoms with Gasteiger partial charge in [0.1, 0.15) is 4.90 Å². The van der Waals surface area contributed by atoms with Crippen molar-refractivity contribution in [2.24, 2.45) is 0 Å². The second-order valence-electron chi connectivity index (χ2n) is 7.05. The molecule has 158 valence electrons. The van der Waals surface area contributed by atoms with Crippen molar-refractivity contribution in [1.82, 2.24) is 10.2 Å². The third-order valence-electron chi connectivity index (χ3n) is 4.93. The number of carbonyl (C=O) groups is 2. The first-order valence-corrected chi connectivity index (χ1v) is 11.2. The number of fused-ring (bicyclic) bond motifs is 1. The first kappa shape index (κ1) is 21.4. The van der Waals surface area contributed by atoms with Gasteiger partial charge in [0.05, 0.1) is 4.92 Å². The van der Waals surface area contributed by atoms with Gasteiger partial charge in [0, 0.05) is 43.9 Å². The number of carbonyl (C=O) groups excluding carboxylic acids is 2. The molecule has 2 amide bonds. The Morgan fingerprint density at radius 1 is 1.17 bits per heavy atom. The molecule has 0 radical (unpaired) electrons. The molecular formula is C20H21N3O6S. The molecule has 0 fully saturated rings. The van der Waals surface area contributed by atoms with Crippen LogP contribution < -0.4 is 5.32 Å². The van der Waals surface area contributed by atoms with Gasteiger partial charge >= 0.3 is 0 Å². The number of amides is 2. The Kier molecular flexibility index (Phi) is 6.16. The summed E-state index contributed by atoms with van der Waals surface area (Å²) in [4.78, 5) is 36.3. The lowest BCUT2D eigenvalue weighted by molar-refractivity contribution is -0.387. The van der Waals surface area contributed by atoms with E-state index >= 15 is 0 Å². The minimum Gasteiger partial charge on any atom is -0.352 e. The van der Waals surface area contributed by atoms with Crippen LogP contribution in [0.4, 0.5) is 5.69 Å². The molecule has 30 heavy (non-hydrogen) atoms. The van der Waals surface area contributed by atoms with Gasteiger partial charge in [0.2, 0.25) is 5.91 Å². The number of sulfone groups is 1. The lowest BCUT2D eigenvalue weighted by atomic mass is 10.00. The summed E-state index contributed by atoms with van der Waals surface area (Å²) in [5.41, 5.74) is 1.63. The van der Waals surface area contributed by atoms with Gasteiger partial charge in [0.15, 0.2) is 9.84 Å². The highest BCUT2D eigenvalue weighted by molar-refractivity contribution is 7.90. The van der Waals surface area contributed by atoms with Crippen LogP contribution in [0, 0.1) is 10.1 Å². The van der Waals surface area contributed by atoms with E-state index in [1.165, 1.54) is 11.6 Å². The lowest BCUT2D eigenvalue weighted by Gasteiger charge is -2.29. The molecule has 1 aliphatic heterocycles. The molecule has 9 nitrogen and oxygen atoms in total. The van der Waals surface area contributed by atoms with Crippen LogP contribution in [0.1, 0.15) is 27.9 Å². The molecule has 0 saturated carbocycles. The minimum absolute atomic E-state index is 0.0477. The standard InChI is InChI=1S/C20H21N3O6S/c1-30(28,29)18-7-6-15(12-17(18)23(26)27)20(25)21-10-8-19(24)22-11-9-14-4-2-3-5-16(14)13-22/h2-7,12H,8-11,13H2,1H3,(H,21,25). The molecule has 1 N–H and O–H groups in total. The van der Waals surface area contributed by atoms with Crippen molar-refractivity contribution in [2.45, 2.75) is 24.3 Å².